The van der Waals surface area contributed by atoms with Crippen molar-refractivity contribution in [2.24, 2.45) is 0 Å². The Bertz CT molecular complexity index is 1600. The third-order valence-electron chi connectivity index (χ3n) is 7.28. The van der Waals surface area contributed by atoms with Crippen LogP contribution in [0.1, 0.15) is 43.8 Å². The van der Waals surface area contributed by atoms with E-state index >= 15 is 0 Å². The normalized spacial score (nSPS) is 14.8. The van der Waals surface area contributed by atoms with E-state index in [9.17, 15) is 14.4 Å². The lowest BCUT2D eigenvalue weighted by Crippen LogP contribution is -2.55. The molecule has 1 saturated heterocycles. The Morgan fingerprint density at radius 1 is 0.857 bits per heavy atom. The van der Waals surface area contributed by atoms with Gasteiger partial charge < -0.3 is 14.5 Å². The topological polar surface area (TPSA) is 92.7 Å². The zero-order chi connectivity index (χ0) is 29.6. The average molecular weight is 561 g/mol. The highest BCUT2D eigenvalue weighted by molar-refractivity contribution is 6.05. The predicted octanol–water partition coefficient (Wildman–Crippen LogP) is 5.45. The fourth-order valence-corrected chi connectivity index (χ4v) is 5.09. The molecule has 1 aliphatic rings. The van der Waals surface area contributed by atoms with Gasteiger partial charge in [0.2, 0.25) is 0 Å². The van der Waals surface area contributed by atoms with E-state index in [1.807, 2.05) is 91.9 Å². The van der Waals surface area contributed by atoms with E-state index in [1.54, 1.807) is 16.7 Å². The van der Waals surface area contributed by atoms with Crippen LogP contribution in [0.2, 0.25) is 0 Å². The van der Waals surface area contributed by atoms with Crippen molar-refractivity contribution in [1.82, 2.24) is 19.8 Å². The summed E-state index contributed by atoms with van der Waals surface area (Å²) in [5.74, 6) is -0.838. The van der Waals surface area contributed by atoms with Crippen molar-refractivity contribution in [2.75, 3.05) is 26.2 Å². The van der Waals surface area contributed by atoms with E-state index in [4.69, 9.17) is 4.74 Å². The first-order chi connectivity index (χ1) is 20.4. The summed E-state index contributed by atoms with van der Waals surface area (Å²) >= 11 is 0. The van der Waals surface area contributed by atoms with Gasteiger partial charge in [-0.25, -0.2) is 14.8 Å². The van der Waals surface area contributed by atoms with Crippen LogP contribution < -0.4 is 0 Å². The summed E-state index contributed by atoms with van der Waals surface area (Å²) in [5.41, 5.74) is 3.80. The minimum Gasteiger partial charge on any atom is -0.458 e. The maximum Gasteiger partial charge on any atom is 0.342 e. The molecule has 8 nitrogen and oxygen atoms in total. The van der Waals surface area contributed by atoms with Gasteiger partial charge in [-0.1, -0.05) is 85.5 Å². The van der Waals surface area contributed by atoms with E-state index in [0.717, 1.165) is 16.7 Å². The van der Waals surface area contributed by atoms with Gasteiger partial charge in [0.1, 0.15) is 17.9 Å². The standard InChI is InChI=1S/C34H32N4O4/c1-4-21-42-34(41)29-24(3)35-31(27-13-9-6-10-14-27)36-30(29)33(40)37-19-20-38(23(2)22-37)32(39)28-17-15-26(16-18-28)25-11-7-5-8-12-25/h4-18,23H,1,19-22H2,2-3H3. The van der Waals surface area contributed by atoms with Gasteiger partial charge in [-0.15, -0.1) is 0 Å². The van der Waals surface area contributed by atoms with Gasteiger partial charge in [0.15, 0.2) is 5.82 Å². The zero-order valence-electron chi connectivity index (χ0n) is 23.7. The number of esters is 1. The highest BCUT2D eigenvalue weighted by atomic mass is 16.5. The molecule has 1 aliphatic heterocycles. The monoisotopic (exact) mass is 560 g/mol. The number of piperazine rings is 1. The molecular formula is C34H32N4O4. The van der Waals surface area contributed by atoms with E-state index < -0.39 is 11.9 Å². The van der Waals surface area contributed by atoms with Gasteiger partial charge in [-0.05, 0) is 37.1 Å². The number of aromatic nitrogens is 2. The number of benzene rings is 3. The summed E-state index contributed by atoms with van der Waals surface area (Å²) < 4.78 is 5.28. The van der Waals surface area contributed by atoms with Crippen LogP contribution in [-0.4, -0.2) is 69.8 Å². The quantitative estimate of drug-likeness (QED) is 0.221. The first-order valence-electron chi connectivity index (χ1n) is 13.8. The smallest absolute Gasteiger partial charge is 0.342 e. The van der Waals surface area contributed by atoms with Crippen molar-refractivity contribution < 1.29 is 19.1 Å². The highest BCUT2D eigenvalue weighted by Gasteiger charge is 2.34. The number of aryl methyl sites for hydroxylation is 1. The average Bonchev–Trinajstić information content (AvgIpc) is 3.03. The van der Waals surface area contributed by atoms with Crippen molar-refractivity contribution in [2.45, 2.75) is 19.9 Å². The Hall–Kier alpha value is -5.11. The van der Waals surface area contributed by atoms with Crippen molar-refractivity contribution in [3.8, 4) is 22.5 Å². The molecule has 212 valence electrons. The number of carbonyl (C=O) groups excluding carboxylic acids is 3. The lowest BCUT2D eigenvalue weighted by atomic mass is 10.0. The molecule has 0 spiro atoms. The molecule has 5 rings (SSSR count). The van der Waals surface area contributed by atoms with Gasteiger partial charge in [-0.3, -0.25) is 9.59 Å². The first-order valence-corrected chi connectivity index (χ1v) is 13.8. The van der Waals surface area contributed by atoms with E-state index in [2.05, 4.69) is 16.5 Å². The van der Waals surface area contributed by atoms with Crippen LogP contribution >= 0.6 is 0 Å². The molecule has 0 N–H and O–H groups in total. The van der Waals surface area contributed by atoms with Gasteiger partial charge in [0, 0.05) is 36.8 Å². The Labute approximate surface area is 245 Å². The Morgan fingerprint density at radius 2 is 1.48 bits per heavy atom. The molecule has 8 heteroatoms. The van der Waals surface area contributed by atoms with Crippen LogP contribution in [-0.2, 0) is 4.74 Å². The first kappa shape index (κ1) is 28.4. The van der Waals surface area contributed by atoms with Crippen LogP contribution in [0.4, 0.5) is 0 Å². The summed E-state index contributed by atoms with van der Waals surface area (Å²) in [5, 5.41) is 0. The molecule has 4 aromatic rings. The SMILES string of the molecule is C=CCOC(=O)c1c(C)nc(-c2ccccc2)nc1C(=O)N1CCN(C(=O)c2ccc(-c3ccccc3)cc2)C(C)C1. The molecule has 1 unspecified atom stereocenters. The van der Waals surface area contributed by atoms with Gasteiger partial charge >= 0.3 is 5.97 Å². The highest BCUT2D eigenvalue weighted by Crippen LogP contribution is 2.24. The lowest BCUT2D eigenvalue weighted by molar-refractivity contribution is 0.0407. The maximum absolute atomic E-state index is 13.9. The molecule has 1 fully saturated rings. The van der Waals surface area contributed by atoms with Crippen molar-refractivity contribution in [1.29, 1.82) is 0 Å². The molecule has 0 bridgehead atoms. The third-order valence-corrected chi connectivity index (χ3v) is 7.28. The van der Waals surface area contributed by atoms with Crippen LogP contribution in [0.5, 0.6) is 0 Å². The summed E-state index contributed by atoms with van der Waals surface area (Å²) in [4.78, 5) is 52.8. The maximum atomic E-state index is 13.9. The number of hydrogen-bond donors (Lipinski definition) is 0. The number of amides is 2. The summed E-state index contributed by atoms with van der Waals surface area (Å²) in [7, 11) is 0. The summed E-state index contributed by atoms with van der Waals surface area (Å²) in [6, 6.07) is 26.6. The van der Waals surface area contributed by atoms with Crippen molar-refractivity contribution in [3.63, 3.8) is 0 Å². The summed E-state index contributed by atoms with van der Waals surface area (Å²) in [6.07, 6.45) is 1.46. The molecule has 3 aromatic carbocycles. The minimum absolute atomic E-state index is 0.00348. The predicted molar refractivity (Wildman–Crippen MR) is 161 cm³/mol. The fraction of sp³-hybridized carbons (Fsp3) is 0.206. The Balaban J connectivity index is 1.36. The minimum atomic E-state index is -0.684. The van der Waals surface area contributed by atoms with Crippen molar-refractivity contribution >= 4 is 17.8 Å². The van der Waals surface area contributed by atoms with Gasteiger partial charge in [-0.2, -0.15) is 0 Å². The second-order valence-corrected chi connectivity index (χ2v) is 10.2. The molecular weight excluding hydrogens is 528 g/mol. The molecule has 1 aromatic heterocycles. The number of rotatable bonds is 7. The zero-order valence-corrected chi connectivity index (χ0v) is 23.7. The summed E-state index contributed by atoms with van der Waals surface area (Å²) in [6.45, 7) is 8.09. The largest absolute Gasteiger partial charge is 0.458 e. The number of hydrogen-bond acceptors (Lipinski definition) is 6. The van der Waals surface area contributed by atoms with Crippen molar-refractivity contribution in [3.05, 3.63) is 120 Å². The fourth-order valence-electron chi connectivity index (χ4n) is 5.09. The molecule has 0 aliphatic carbocycles. The molecule has 0 radical (unpaired) electrons. The Morgan fingerprint density at radius 3 is 2.10 bits per heavy atom. The third kappa shape index (κ3) is 5.98. The number of nitrogens with zero attached hydrogens (tertiary/aromatic N) is 4. The van der Waals surface area contributed by atoms with Gasteiger partial charge in [0.25, 0.3) is 11.8 Å². The molecule has 2 heterocycles. The second-order valence-electron chi connectivity index (χ2n) is 10.2. The van der Waals surface area contributed by atoms with E-state index in [0.29, 0.717) is 30.2 Å². The molecule has 2 amide bonds. The van der Waals surface area contributed by atoms with E-state index in [-0.39, 0.29) is 36.4 Å². The second kappa shape index (κ2) is 12.6. The Kier molecular flexibility index (Phi) is 8.52. The van der Waals surface area contributed by atoms with E-state index in [1.165, 1.54) is 6.08 Å². The van der Waals surface area contributed by atoms with Crippen LogP contribution in [0, 0.1) is 6.92 Å². The number of carbonyl (C=O) groups is 3. The van der Waals surface area contributed by atoms with Crippen LogP contribution in [0.15, 0.2) is 97.6 Å². The molecule has 0 saturated carbocycles. The molecule has 1 atom stereocenters. The number of ether oxygens (including phenoxy) is 1. The lowest BCUT2D eigenvalue weighted by Gasteiger charge is -2.40. The van der Waals surface area contributed by atoms with Crippen LogP contribution in [0.3, 0.4) is 0 Å². The van der Waals surface area contributed by atoms with Gasteiger partial charge in [0.05, 0.1) is 5.69 Å². The molecule has 42 heavy (non-hydrogen) atoms. The van der Waals surface area contributed by atoms with Crippen LogP contribution in [0.25, 0.3) is 22.5 Å².